The molecule has 5 nitrogen and oxygen atoms in total. The van der Waals surface area contributed by atoms with Crippen LogP contribution in [0, 0.1) is 11.3 Å². The van der Waals surface area contributed by atoms with Gasteiger partial charge in [-0.3, -0.25) is 4.79 Å². The first-order valence-electron chi connectivity index (χ1n) is 9.13. The average molecular weight is 362 g/mol. The second-order valence-corrected chi connectivity index (χ2v) is 8.32. The molecule has 2 N–H and O–H groups in total. The highest BCUT2D eigenvalue weighted by Gasteiger charge is 2.33. The summed E-state index contributed by atoms with van der Waals surface area (Å²) in [5, 5.41) is 16.7. The number of carbonyl (C=O) groups excluding carboxylic acids is 1. The number of fused-ring (bicyclic) bond motifs is 1. The number of hydrogen-bond acceptors (Lipinski definition) is 5. The van der Waals surface area contributed by atoms with Crippen LogP contribution < -0.4 is 15.5 Å². The van der Waals surface area contributed by atoms with Crippen LogP contribution in [0.25, 0.3) is 0 Å². The minimum Gasteiger partial charge on any atom is -0.360 e. The highest BCUT2D eigenvalue weighted by molar-refractivity contribution is 7.16. The predicted molar refractivity (Wildman–Crippen MR) is 95.7 cm³/mol. The number of nitrogens with one attached hydrogen (secondary N) is 2. The van der Waals surface area contributed by atoms with Gasteiger partial charge in [-0.05, 0) is 37.7 Å². The molecule has 0 spiro atoms. The fourth-order valence-electron chi connectivity index (χ4n) is 4.15. The van der Waals surface area contributed by atoms with Gasteiger partial charge in [-0.2, -0.15) is 5.26 Å². The van der Waals surface area contributed by atoms with E-state index in [1.165, 1.54) is 23.3 Å². The Balaban J connectivity index is 1.42. The molecule has 1 aliphatic carbocycles. The van der Waals surface area contributed by atoms with E-state index in [9.17, 15) is 14.4 Å². The largest absolute Gasteiger partial charge is 0.360 e. The Bertz CT molecular complexity index is 713. The smallest absolute Gasteiger partial charge is 0.237 e. The maximum atomic E-state index is 13.2. The van der Waals surface area contributed by atoms with Gasteiger partial charge in [0.2, 0.25) is 5.91 Å². The van der Waals surface area contributed by atoms with Gasteiger partial charge in [0.1, 0.15) is 17.2 Å². The summed E-state index contributed by atoms with van der Waals surface area (Å²) in [4.78, 5) is 15.9. The van der Waals surface area contributed by atoms with Gasteiger partial charge in [-0.15, -0.1) is 11.3 Å². The molecule has 3 aliphatic rings. The molecule has 0 aromatic carbocycles. The molecule has 4 rings (SSSR count). The lowest BCUT2D eigenvalue weighted by molar-refractivity contribution is -0.123. The number of rotatable bonds is 3. The summed E-state index contributed by atoms with van der Waals surface area (Å²) in [5.41, 5.74) is 2.11. The third-order valence-corrected chi connectivity index (χ3v) is 6.83. The number of hydrogen-bond donors (Lipinski definition) is 2. The Morgan fingerprint density at radius 1 is 1.40 bits per heavy atom. The van der Waals surface area contributed by atoms with E-state index in [2.05, 4.69) is 21.6 Å². The summed E-state index contributed by atoms with van der Waals surface area (Å²) < 4.78 is 13.2. The van der Waals surface area contributed by atoms with E-state index >= 15 is 0 Å². The number of thiophene rings is 1. The fourth-order valence-corrected chi connectivity index (χ4v) is 5.52. The quantitative estimate of drug-likeness (QED) is 0.862. The van der Waals surface area contributed by atoms with Gasteiger partial charge in [-0.25, -0.2) is 4.39 Å². The van der Waals surface area contributed by atoms with E-state index in [1.807, 2.05) is 0 Å². The van der Waals surface area contributed by atoms with Gasteiger partial charge >= 0.3 is 0 Å². The van der Waals surface area contributed by atoms with Crippen LogP contribution in [0.5, 0.6) is 0 Å². The number of halogens is 1. The average Bonchev–Trinajstić information content (AvgIpc) is 3.32. The lowest BCUT2D eigenvalue weighted by Crippen LogP contribution is -2.46. The third kappa shape index (κ3) is 3.25. The number of amides is 1. The van der Waals surface area contributed by atoms with Crippen LogP contribution in [0.3, 0.4) is 0 Å². The lowest BCUT2D eigenvalue weighted by Gasteiger charge is -2.19. The summed E-state index contributed by atoms with van der Waals surface area (Å²) in [5.74, 6) is -0.0991. The summed E-state index contributed by atoms with van der Waals surface area (Å²) >= 11 is 1.76. The van der Waals surface area contributed by atoms with Gasteiger partial charge in [0.15, 0.2) is 0 Å². The zero-order valence-electron chi connectivity index (χ0n) is 14.2. The van der Waals surface area contributed by atoms with Gasteiger partial charge in [0, 0.05) is 37.0 Å². The Kier molecular flexibility index (Phi) is 4.65. The molecule has 0 bridgehead atoms. The van der Waals surface area contributed by atoms with Crippen molar-refractivity contribution in [3.8, 4) is 6.07 Å². The van der Waals surface area contributed by atoms with Crippen LogP contribution in [0.1, 0.15) is 41.7 Å². The van der Waals surface area contributed by atoms with E-state index < -0.39 is 12.2 Å². The number of alkyl halides is 1. The Morgan fingerprint density at radius 2 is 2.24 bits per heavy atom. The number of anilines is 1. The Labute approximate surface area is 151 Å². The first-order valence-corrected chi connectivity index (χ1v) is 9.94. The summed E-state index contributed by atoms with van der Waals surface area (Å²) in [7, 11) is 0. The van der Waals surface area contributed by atoms with E-state index in [-0.39, 0.29) is 24.9 Å². The van der Waals surface area contributed by atoms with E-state index in [0.717, 1.165) is 42.9 Å². The SMILES string of the molecule is N#Cc1c(N2CC[C@H](NC(=O)[C@@H]3C[C@H](F)CN3)C2)sc2c1CCCC2. The second kappa shape index (κ2) is 6.93. The van der Waals surface area contributed by atoms with Crippen molar-refractivity contribution < 1.29 is 9.18 Å². The molecule has 25 heavy (non-hydrogen) atoms. The zero-order chi connectivity index (χ0) is 17.4. The number of carbonyl (C=O) groups is 1. The molecule has 1 aromatic rings. The summed E-state index contributed by atoms with van der Waals surface area (Å²) in [6, 6.07) is 2.07. The van der Waals surface area contributed by atoms with Crippen molar-refractivity contribution in [2.75, 3.05) is 24.5 Å². The highest BCUT2D eigenvalue weighted by Crippen LogP contribution is 2.40. The molecular weight excluding hydrogens is 339 g/mol. The highest BCUT2D eigenvalue weighted by atomic mass is 32.1. The van der Waals surface area contributed by atoms with Crippen LogP contribution in [0.15, 0.2) is 0 Å². The van der Waals surface area contributed by atoms with Crippen LogP contribution in [-0.2, 0) is 17.6 Å². The maximum absolute atomic E-state index is 13.2. The lowest BCUT2D eigenvalue weighted by atomic mass is 9.96. The van der Waals surface area contributed by atoms with Gasteiger partial charge in [-0.1, -0.05) is 0 Å². The summed E-state index contributed by atoms with van der Waals surface area (Å²) in [6.45, 7) is 1.84. The van der Waals surface area contributed by atoms with Crippen LogP contribution >= 0.6 is 11.3 Å². The third-order valence-electron chi connectivity index (χ3n) is 5.48. The standard InChI is InChI=1S/C18H23FN4OS/c19-11-7-15(21-9-11)17(24)22-12-5-6-23(10-12)18-14(8-20)13-3-1-2-4-16(13)25-18/h11-12,15,21H,1-7,9-10H2,(H,22,24)/t11-,12-,15-/m0/s1. The number of nitriles is 1. The molecule has 2 saturated heterocycles. The molecule has 3 heterocycles. The van der Waals surface area contributed by atoms with Crippen molar-refractivity contribution in [1.82, 2.24) is 10.6 Å². The molecule has 134 valence electrons. The molecule has 2 aliphatic heterocycles. The van der Waals surface area contributed by atoms with Crippen molar-refractivity contribution in [1.29, 1.82) is 5.26 Å². The van der Waals surface area contributed by atoms with Crippen molar-refractivity contribution in [2.24, 2.45) is 0 Å². The van der Waals surface area contributed by atoms with Crippen LogP contribution in [-0.4, -0.2) is 43.8 Å². The molecule has 7 heteroatoms. The number of nitrogens with zero attached hydrogens (tertiary/aromatic N) is 2. The second-order valence-electron chi connectivity index (χ2n) is 7.24. The van der Waals surface area contributed by atoms with Crippen LogP contribution in [0.4, 0.5) is 9.39 Å². The minimum absolute atomic E-state index is 0.0682. The van der Waals surface area contributed by atoms with E-state index in [0.29, 0.717) is 0 Å². The first kappa shape index (κ1) is 16.8. The molecular formula is C18H23FN4OS. The van der Waals surface area contributed by atoms with E-state index in [1.54, 1.807) is 11.3 Å². The van der Waals surface area contributed by atoms with Crippen molar-refractivity contribution in [3.05, 3.63) is 16.0 Å². The van der Waals surface area contributed by atoms with Crippen molar-refractivity contribution in [2.45, 2.75) is 56.8 Å². The van der Waals surface area contributed by atoms with Gasteiger partial charge in [0.25, 0.3) is 0 Å². The Morgan fingerprint density at radius 3 is 3.00 bits per heavy atom. The maximum Gasteiger partial charge on any atom is 0.237 e. The Hall–Kier alpha value is -1.65. The molecule has 2 fully saturated rings. The van der Waals surface area contributed by atoms with Gasteiger partial charge in [0.05, 0.1) is 11.6 Å². The first-order chi connectivity index (χ1) is 12.2. The minimum atomic E-state index is -0.925. The van der Waals surface area contributed by atoms with Crippen molar-refractivity contribution >= 4 is 22.2 Å². The predicted octanol–water partition coefficient (Wildman–Crippen LogP) is 1.89. The fraction of sp³-hybridized carbons (Fsp3) is 0.667. The molecule has 0 unspecified atom stereocenters. The zero-order valence-corrected chi connectivity index (χ0v) is 15.0. The number of aryl methyl sites for hydroxylation is 1. The summed E-state index contributed by atoms with van der Waals surface area (Å²) in [6.07, 6.45) is 4.68. The van der Waals surface area contributed by atoms with Crippen molar-refractivity contribution in [3.63, 3.8) is 0 Å². The topological polar surface area (TPSA) is 68.2 Å². The normalized spacial score (nSPS) is 28.6. The molecule has 1 aromatic heterocycles. The van der Waals surface area contributed by atoms with E-state index in [4.69, 9.17) is 0 Å². The molecule has 0 radical (unpaired) electrons. The molecule has 3 atom stereocenters. The van der Waals surface area contributed by atoms with Gasteiger partial charge < -0.3 is 15.5 Å². The monoisotopic (exact) mass is 362 g/mol. The molecule has 1 amide bonds. The van der Waals surface area contributed by atoms with Crippen LogP contribution in [0.2, 0.25) is 0 Å². The molecule has 0 saturated carbocycles.